The van der Waals surface area contributed by atoms with Crippen LogP contribution >= 0.6 is 0 Å². The zero-order chi connectivity index (χ0) is 14.8. The van der Waals surface area contributed by atoms with E-state index in [4.69, 9.17) is 4.74 Å². The molecule has 0 bridgehead atoms. The van der Waals surface area contributed by atoms with Crippen LogP contribution in [0.15, 0.2) is 24.3 Å². The van der Waals surface area contributed by atoms with Gasteiger partial charge in [-0.25, -0.2) is 0 Å². The number of para-hydroxylation sites is 1. The first-order valence-electron chi connectivity index (χ1n) is 7.69. The van der Waals surface area contributed by atoms with Crippen molar-refractivity contribution in [1.29, 1.82) is 0 Å². The summed E-state index contributed by atoms with van der Waals surface area (Å²) < 4.78 is 6.01. The lowest BCUT2D eigenvalue weighted by molar-refractivity contribution is 0.0680. The number of ether oxygens (including phenoxy) is 1. The van der Waals surface area contributed by atoms with Gasteiger partial charge in [-0.2, -0.15) is 0 Å². The topological polar surface area (TPSA) is 41.5 Å². The number of nitrogens with one attached hydrogen (secondary N) is 1. The smallest absolute Gasteiger partial charge is 0.125 e. The molecule has 1 aliphatic rings. The van der Waals surface area contributed by atoms with Gasteiger partial charge in [-0.3, -0.25) is 0 Å². The lowest BCUT2D eigenvalue weighted by Gasteiger charge is -2.29. The van der Waals surface area contributed by atoms with Crippen molar-refractivity contribution in [3.63, 3.8) is 0 Å². The minimum atomic E-state index is -0.298. The molecular weight excluding hydrogens is 250 g/mol. The average molecular weight is 277 g/mol. The molecule has 0 aliphatic carbocycles. The first-order valence-corrected chi connectivity index (χ1v) is 7.69. The highest BCUT2D eigenvalue weighted by molar-refractivity contribution is 5.42. The lowest BCUT2D eigenvalue weighted by atomic mass is 9.92. The second-order valence-corrected chi connectivity index (χ2v) is 6.23. The van der Waals surface area contributed by atoms with Crippen LogP contribution in [0.1, 0.15) is 52.1 Å². The van der Waals surface area contributed by atoms with Crippen LogP contribution in [0.25, 0.3) is 0 Å². The molecular formula is C17H27NO2. The van der Waals surface area contributed by atoms with Gasteiger partial charge in [0.2, 0.25) is 0 Å². The molecule has 112 valence electrons. The van der Waals surface area contributed by atoms with Crippen molar-refractivity contribution in [2.24, 2.45) is 5.92 Å². The van der Waals surface area contributed by atoms with Crippen LogP contribution in [0.5, 0.6) is 5.75 Å². The van der Waals surface area contributed by atoms with Crippen molar-refractivity contribution in [3.05, 3.63) is 29.8 Å². The van der Waals surface area contributed by atoms with E-state index in [0.717, 1.165) is 18.6 Å². The summed E-state index contributed by atoms with van der Waals surface area (Å²) in [6, 6.07) is 8.27. The van der Waals surface area contributed by atoms with Crippen molar-refractivity contribution in [1.82, 2.24) is 5.32 Å². The molecule has 0 amide bonds. The molecule has 0 aromatic heterocycles. The fourth-order valence-corrected chi connectivity index (χ4v) is 3.12. The number of fused-ring (bicyclic) bond motifs is 1. The Hall–Kier alpha value is -1.06. The zero-order valence-corrected chi connectivity index (χ0v) is 13.0. The van der Waals surface area contributed by atoms with Crippen molar-refractivity contribution in [2.45, 2.75) is 58.3 Å². The van der Waals surface area contributed by atoms with E-state index in [1.807, 2.05) is 18.2 Å². The van der Waals surface area contributed by atoms with Gasteiger partial charge >= 0.3 is 0 Å². The molecule has 1 aromatic carbocycles. The average Bonchev–Trinajstić information content (AvgIpc) is 2.67. The number of benzene rings is 1. The maximum Gasteiger partial charge on any atom is 0.125 e. The SMILES string of the molecule is CCC(CC)C(O)CNC1c2ccccc2OC1(C)C. The van der Waals surface area contributed by atoms with Crippen LogP contribution < -0.4 is 10.1 Å². The number of aliphatic hydroxyl groups is 1. The first kappa shape index (κ1) is 15.3. The van der Waals surface area contributed by atoms with Gasteiger partial charge in [0, 0.05) is 12.1 Å². The van der Waals surface area contributed by atoms with Gasteiger partial charge in [0.15, 0.2) is 0 Å². The highest BCUT2D eigenvalue weighted by Gasteiger charge is 2.40. The first-order chi connectivity index (χ1) is 9.49. The Morgan fingerprint density at radius 2 is 1.90 bits per heavy atom. The minimum absolute atomic E-state index is 0.128. The van der Waals surface area contributed by atoms with Gasteiger partial charge in [-0.15, -0.1) is 0 Å². The maximum absolute atomic E-state index is 10.3. The number of aliphatic hydroxyl groups excluding tert-OH is 1. The molecule has 0 radical (unpaired) electrons. The second-order valence-electron chi connectivity index (χ2n) is 6.23. The molecule has 0 fully saturated rings. The molecule has 2 N–H and O–H groups in total. The standard InChI is InChI=1S/C17H27NO2/c1-5-12(6-2)14(19)11-18-16-13-9-7-8-10-15(13)20-17(16,3)4/h7-10,12,14,16,18-19H,5-6,11H2,1-4H3. The summed E-state index contributed by atoms with van der Waals surface area (Å²) in [5.74, 6) is 1.32. The monoisotopic (exact) mass is 277 g/mol. The third kappa shape index (κ3) is 2.99. The van der Waals surface area contributed by atoms with Crippen molar-refractivity contribution in [2.75, 3.05) is 6.54 Å². The molecule has 0 spiro atoms. The Balaban J connectivity index is 2.05. The van der Waals surface area contributed by atoms with E-state index in [2.05, 4.69) is 39.1 Å². The van der Waals surface area contributed by atoms with E-state index >= 15 is 0 Å². The predicted molar refractivity (Wildman–Crippen MR) is 82.0 cm³/mol. The van der Waals surface area contributed by atoms with Crippen molar-refractivity contribution in [3.8, 4) is 5.75 Å². The molecule has 20 heavy (non-hydrogen) atoms. The Morgan fingerprint density at radius 3 is 2.55 bits per heavy atom. The Morgan fingerprint density at radius 1 is 1.25 bits per heavy atom. The van der Waals surface area contributed by atoms with Crippen LogP contribution in [0.2, 0.25) is 0 Å². The van der Waals surface area contributed by atoms with E-state index in [1.165, 1.54) is 5.56 Å². The van der Waals surface area contributed by atoms with E-state index in [9.17, 15) is 5.11 Å². The summed E-state index contributed by atoms with van der Waals surface area (Å²) in [4.78, 5) is 0. The third-order valence-electron chi connectivity index (χ3n) is 4.42. The highest BCUT2D eigenvalue weighted by Crippen LogP contribution is 2.42. The van der Waals surface area contributed by atoms with Crippen LogP contribution in [0, 0.1) is 5.92 Å². The van der Waals surface area contributed by atoms with Crippen LogP contribution in [-0.4, -0.2) is 23.4 Å². The zero-order valence-electron chi connectivity index (χ0n) is 13.0. The Bertz CT molecular complexity index is 440. The number of hydrogen-bond donors (Lipinski definition) is 2. The van der Waals surface area contributed by atoms with Gasteiger partial charge in [-0.1, -0.05) is 44.9 Å². The Labute approximate surface area is 122 Å². The summed E-state index contributed by atoms with van der Waals surface area (Å²) in [6.07, 6.45) is 1.73. The van der Waals surface area contributed by atoms with E-state index in [1.54, 1.807) is 0 Å². The molecule has 3 heteroatoms. The summed E-state index contributed by atoms with van der Waals surface area (Å²) in [7, 11) is 0. The van der Waals surface area contributed by atoms with E-state index in [0.29, 0.717) is 12.5 Å². The third-order valence-corrected chi connectivity index (χ3v) is 4.42. The summed E-state index contributed by atoms with van der Waals surface area (Å²) in [6.45, 7) is 9.06. The highest BCUT2D eigenvalue weighted by atomic mass is 16.5. The van der Waals surface area contributed by atoms with Gasteiger partial charge in [0.1, 0.15) is 11.4 Å². The molecule has 1 aromatic rings. The molecule has 1 aliphatic heterocycles. The number of hydrogen-bond acceptors (Lipinski definition) is 3. The second kappa shape index (κ2) is 6.15. The van der Waals surface area contributed by atoms with Crippen LogP contribution in [0.3, 0.4) is 0 Å². The Kier molecular flexibility index (Phi) is 4.71. The van der Waals surface area contributed by atoms with Gasteiger partial charge in [0.05, 0.1) is 12.1 Å². The van der Waals surface area contributed by atoms with Gasteiger partial charge in [-0.05, 0) is 25.8 Å². The predicted octanol–water partition coefficient (Wildman–Crippen LogP) is 3.29. The minimum Gasteiger partial charge on any atom is -0.486 e. The van der Waals surface area contributed by atoms with E-state index in [-0.39, 0.29) is 17.7 Å². The largest absolute Gasteiger partial charge is 0.486 e. The van der Waals surface area contributed by atoms with Crippen LogP contribution in [0.4, 0.5) is 0 Å². The van der Waals surface area contributed by atoms with Crippen LogP contribution in [-0.2, 0) is 0 Å². The van der Waals surface area contributed by atoms with Gasteiger partial charge < -0.3 is 15.2 Å². The molecule has 0 saturated carbocycles. The van der Waals surface area contributed by atoms with Crippen molar-refractivity contribution < 1.29 is 9.84 Å². The molecule has 2 unspecified atom stereocenters. The lowest BCUT2D eigenvalue weighted by Crippen LogP contribution is -2.43. The molecule has 2 rings (SSSR count). The molecule has 1 heterocycles. The summed E-state index contributed by atoms with van der Waals surface area (Å²) in [5.41, 5.74) is 0.909. The van der Waals surface area contributed by atoms with Gasteiger partial charge in [0.25, 0.3) is 0 Å². The maximum atomic E-state index is 10.3. The molecule has 0 saturated heterocycles. The number of rotatable bonds is 6. The summed E-state index contributed by atoms with van der Waals surface area (Å²) >= 11 is 0. The molecule has 2 atom stereocenters. The summed E-state index contributed by atoms with van der Waals surface area (Å²) in [5, 5.41) is 13.8. The van der Waals surface area contributed by atoms with Crippen molar-refractivity contribution >= 4 is 0 Å². The quantitative estimate of drug-likeness (QED) is 0.838. The molecule has 3 nitrogen and oxygen atoms in total. The van der Waals surface area contributed by atoms with E-state index < -0.39 is 0 Å². The fraction of sp³-hybridized carbons (Fsp3) is 0.647. The fourth-order valence-electron chi connectivity index (χ4n) is 3.12. The normalized spacial score (nSPS) is 21.6.